The second kappa shape index (κ2) is 3.80. The smallest absolute Gasteiger partial charge is 0.239 e. The fraction of sp³-hybridized carbons (Fsp3) is 0.100. The molecule has 2 aromatic heterocycles. The van der Waals surface area contributed by atoms with Crippen LogP contribution in [0.25, 0.3) is 5.65 Å². The number of imidazole rings is 1. The first kappa shape index (κ1) is 9.21. The quantitative estimate of drug-likeness (QED) is 0.566. The van der Waals surface area contributed by atoms with Crippen LogP contribution in [0.5, 0.6) is 0 Å². The van der Waals surface area contributed by atoms with Gasteiger partial charge in [-0.2, -0.15) is 5.26 Å². The lowest BCUT2D eigenvalue weighted by atomic mass is 10.3. The lowest BCUT2D eigenvalue weighted by molar-refractivity contribution is -0.119. The summed E-state index contributed by atoms with van der Waals surface area (Å²) in [7, 11) is 0. The van der Waals surface area contributed by atoms with Gasteiger partial charge in [0.25, 0.3) is 0 Å². The maximum absolute atomic E-state index is 11.1. The number of rotatable bonds is 2. The number of hydrogen-bond acceptors (Lipinski definition) is 3. The largest absolute Gasteiger partial charge is 0.307 e. The van der Waals surface area contributed by atoms with E-state index < -0.39 is 0 Å². The molecule has 1 N–H and O–H groups in total. The molecular formula is C10H8N4O. The van der Waals surface area contributed by atoms with Crippen molar-refractivity contribution in [2.45, 2.75) is 6.42 Å². The predicted molar refractivity (Wildman–Crippen MR) is 52.7 cm³/mol. The highest BCUT2D eigenvalue weighted by molar-refractivity contribution is 5.79. The van der Waals surface area contributed by atoms with E-state index in [-0.39, 0.29) is 12.3 Å². The molecule has 0 fully saturated rings. The van der Waals surface area contributed by atoms with Gasteiger partial charge in [-0.1, -0.05) is 6.07 Å². The third kappa shape index (κ3) is 1.94. The number of nitrogens with zero attached hydrogens (tertiary/aromatic N) is 3. The van der Waals surface area contributed by atoms with Crippen LogP contribution in [0.1, 0.15) is 5.69 Å². The summed E-state index contributed by atoms with van der Waals surface area (Å²) in [6, 6.07) is 5.61. The number of carbonyl (C=O) groups excluding carboxylic acids is 1. The molecule has 1 amide bonds. The van der Waals surface area contributed by atoms with E-state index in [1.54, 1.807) is 12.4 Å². The standard InChI is InChI=1S/C10H8N4O/c11-7-12-10(15)5-8-6-14-4-2-1-3-9(14)13-8/h1-4,6H,5H2,(H,12,15). The van der Waals surface area contributed by atoms with Crippen LogP contribution in [0.2, 0.25) is 0 Å². The van der Waals surface area contributed by atoms with E-state index in [9.17, 15) is 4.79 Å². The monoisotopic (exact) mass is 200 g/mol. The Labute approximate surface area is 86.0 Å². The number of nitriles is 1. The summed E-state index contributed by atoms with van der Waals surface area (Å²) in [6.07, 6.45) is 5.33. The summed E-state index contributed by atoms with van der Waals surface area (Å²) in [6.45, 7) is 0. The van der Waals surface area contributed by atoms with Crippen molar-refractivity contribution in [2.75, 3.05) is 0 Å². The molecule has 74 valence electrons. The van der Waals surface area contributed by atoms with Crippen LogP contribution >= 0.6 is 0 Å². The molecule has 0 bridgehead atoms. The number of carbonyl (C=O) groups is 1. The minimum Gasteiger partial charge on any atom is -0.307 e. The number of pyridine rings is 1. The van der Waals surface area contributed by atoms with Gasteiger partial charge in [-0.15, -0.1) is 0 Å². The third-order valence-electron chi connectivity index (χ3n) is 1.95. The average Bonchev–Trinajstić information content (AvgIpc) is 2.59. The molecule has 0 aliphatic heterocycles. The van der Waals surface area contributed by atoms with E-state index in [1.165, 1.54) is 0 Å². The van der Waals surface area contributed by atoms with Crippen molar-refractivity contribution in [1.82, 2.24) is 14.7 Å². The van der Waals surface area contributed by atoms with Crippen LogP contribution in [0.15, 0.2) is 30.6 Å². The van der Waals surface area contributed by atoms with E-state index >= 15 is 0 Å². The third-order valence-corrected chi connectivity index (χ3v) is 1.95. The molecule has 0 saturated carbocycles. The van der Waals surface area contributed by atoms with Gasteiger partial charge in [0.1, 0.15) is 5.65 Å². The van der Waals surface area contributed by atoms with Gasteiger partial charge in [0.05, 0.1) is 12.1 Å². The average molecular weight is 200 g/mol. The SMILES string of the molecule is N#CNC(=O)Cc1cn2ccccc2n1. The first-order valence-electron chi connectivity index (χ1n) is 4.40. The molecule has 2 aromatic rings. The van der Waals surface area contributed by atoms with Crippen molar-refractivity contribution < 1.29 is 4.79 Å². The highest BCUT2D eigenvalue weighted by atomic mass is 16.1. The molecule has 0 aliphatic carbocycles. The van der Waals surface area contributed by atoms with E-state index in [0.717, 1.165) is 5.65 Å². The maximum Gasteiger partial charge on any atom is 0.239 e. The van der Waals surface area contributed by atoms with Crippen LogP contribution in [0, 0.1) is 11.5 Å². The Morgan fingerprint density at radius 1 is 1.60 bits per heavy atom. The second-order valence-corrected chi connectivity index (χ2v) is 3.04. The molecule has 0 radical (unpaired) electrons. The van der Waals surface area contributed by atoms with Crippen molar-refractivity contribution in [1.29, 1.82) is 5.26 Å². The zero-order valence-corrected chi connectivity index (χ0v) is 7.84. The number of amides is 1. The summed E-state index contributed by atoms with van der Waals surface area (Å²) in [5.41, 5.74) is 1.44. The van der Waals surface area contributed by atoms with Crippen molar-refractivity contribution in [2.24, 2.45) is 0 Å². The Kier molecular flexibility index (Phi) is 2.33. The lowest BCUT2D eigenvalue weighted by Gasteiger charge is -1.91. The summed E-state index contributed by atoms with van der Waals surface area (Å²) in [5, 5.41) is 10.3. The molecule has 5 heteroatoms. The minimum atomic E-state index is -0.346. The van der Waals surface area contributed by atoms with Crippen LogP contribution < -0.4 is 5.32 Å². The number of nitrogens with one attached hydrogen (secondary N) is 1. The summed E-state index contributed by atoms with van der Waals surface area (Å²) in [5.74, 6) is -0.346. The van der Waals surface area contributed by atoms with Gasteiger partial charge in [-0.05, 0) is 12.1 Å². The van der Waals surface area contributed by atoms with Gasteiger partial charge < -0.3 is 4.40 Å². The normalized spacial score (nSPS) is 9.80. The summed E-state index contributed by atoms with van der Waals surface area (Å²) >= 11 is 0. The molecule has 0 atom stereocenters. The van der Waals surface area contributed by atoms with Gasteiger partial charge in [0, 0.05) is 12.4 Å². The highest BCUT2D eigenvalue weighted by Crippen LogP contribution is 2.04. The van der Waals surface area contributed by atoms with Crippen molar-refractivity contribution >= 4 is 11.6 Å². The van der Waals surface area contributed by atoms with Crippen molar-refractivity contribution in [3.8, 4) is 6.19 Å². The van der Waals surface area contributed by atoms with Crippen LogP contribution in [0.4, 0.5) is 0 Å². The molecule has 0 aromatic carbocycles. The second-order valence-electron chi connectivity index (χ2n) is 3.04. The molecule has 2 rings (SSSR count). The fourth-order valence-corrected chi connectivity index (χ4v) is 1.34. The van der Waals surface area contributed by atoms with E-state index in [1.807, 2.05) is 28.8 Å². The van der Waals surface area contributed by atoms with Gasteiger partial charge in [-0.3, -0.25) is 10.1 Å². The predicted octanol–water partition coefficient (Wildman–Crippen LogP) is 0.474. The molecule has 15 heavy (non-hydrogen) atoms. The Balaban J connectivity index is 2.23. The number of aromatic nitrogens is 2. The molecule has 2 heterocycles. The molecule has 0 saturated heterocycles. The Morgan fingerprint density at radius 3 is 3.20 bits per heavy atom. The van der Waals surface area contributed by atoms with Gasteiger partial charge in [-0.25, -0.2) is 4.98 Å². The van der Waals surface area contributed by atoms with E-state index in [2.05, 4.69) is 10.3 Å². The maximum atomic E-state index is 11.1. The Bertz CT molecular complexity index is 505. The topological polar surface area (TPSA) is 70.2 Å². The lowest BCUT2D eigenvalue weighted by Crippen LogP contribution is -2.19. The number of fused-ring (bicyclic) bond motifs is 1. The Hall–Kier alpha value is -2.35. The highest BCUT2D eigenvalue weighted by Gasteiger charge is 2.06. The first-order chi connectivity index (χ1) is 7.29. The molecule has 0 aliphatic rings. The molecule has 5 nitrogen and oxygen atoms in total. The summed E-state index contributed by atoms with van der Waals surface area (Å²) < 4.78 is 1.83. The van der Waals surface area contributed by atoms with Crippen LogP contribution in [-0.4, -0.2) is 15.3 Å². The first-order valence-corrected chi connectivity index (χ1v) is 4.40. The van der Waals surface area contributed by atoms with Crippen molar-refractivity contribution in [3.05, 3.63) is 36.3 Å². The van der Waals surface area contributed by atoms with Gasteiger partial charge in [0.2, 0.25) is 5.91 Å². The molecular weight excluding hydrogens is 192 g/mol. The van der Waals surface area contributed by atoms with Crippen molar-refractivity contribution in [3.63, 3.8) is 0 Å². The van der Waals surface area contributed by atoms with Crippen LogP contribution in [0.3, 0.4) is 0 Å². The van der Waals surface area contributed by atoms with E-state index in [4.69, 9.17) is 5.26 Å². The zero-order chi connectivity index (χ0) is 10.7. The van der Waals surface area contributed by atoms with Gasteiger partial charge >= 0.3 is 0 Å². The van der Waals surface area contributed by atoms with Crippen LogP contribution in [-0.2, 0) is 11.2 Å². The zero-order valence-electron chi connectivity index (χ0n) is 7.84. The Morgan fingerprint density at radius 2 is 2.47 bits per heavy atom. The summed E-state index contributed by atoms with van der Waals surface area (Å²) in [4.78, 5) is 15.3. The van der Waals surface area contributed by atoms with Gasteiger partial charge in [0.15, 0.2) is 6.19 Å². The minimum absolute atomic E-state index is 0.120. The fourth-order valence-electron chi connectivity index (χ4n) is 1.34. The molecule has 0 unspecified atom stereocenters. The van der Waals surface area contributed by atoms with E-state index in [0.29, 0.717) is 5.69 Å². The molecule has 0 spiro atoms. The number of hydrogen-bond donors (Lipinski definition) is 1.